The summed E-state index contributed by atoms with van der Waals surface area (Å²) in [6.45, 7) is 4.23. The van der Waals surface area contributed by atoms with Crippen LogP contribution in [0.3, 0.4) is 0 Å². The first-order valence-electron chi connectivity index (χ1n) is 9.38. The normalized spacial score (nSPS) is 34.7. The highest BCUT2D eigenvalue weighted by Crippen LogP contribution is 2.59. The van der Waals surface area contributed by atoms with Gasteiger partial charge in [-0.2, -0.15) is 0 Å². The summed E-state index contributed by atoms with van der Waals surface area (Å²) in [5.74, 6) is 1.84. The maximum Gasteiger partial charge on any atom is 0.163 e. The van der Waals surface area contributed by atoms with Crippen molar-refractivity contribution in [3.63, 3.8) is 0 Å². The molecule has 24 heavy (non-hydrogen) atoms. The molecule has 3 nitrogen and oxygen atoms in total. The van der Waals surface area contributed by atoms with Gasteiger partial charge < -0.3 is 5.11 Å². The number of fused-ring (bicyclic) bond motifs is 5. The summed E-state index contributed by atoms with van der Waals surface area (Å²) in [5.41, 5.74) is 2.61. The number of ketones is 2. The summed E-state index contributed by atoms with van der Waals surface area (Å²) < 4.78 is 0. The van der Waals surface area contributed by atoms with Gasteiger partial charge in [0.15, 0.2) is 5.78 Å². The zero-order chi connectivity index (χ0) is 17.1. The highest BCUT2D eigenvalue weighted by Gasteiger charge is 2.55. The molecule has 0 radical (unpaired) electrons. The van der Waals surface area contributed by atoms with Crippen LogP contribution in [0.1, 0.15) is 79.8 Å². The number of carbonyl (C=O) groups is 2. The number of hydrogen-bond acceptors (Lipinski definition) is 3. The van der Waals surface area contributed by atoms with Gasteiger partial charge in [0.2, 0.25) is 0 Å². The monoisotopic (exact) mass is 326 g/mol. The molecule has 1 N–H and O–H groups in total. The molecule has 3 aliphatic carbocycles. The van der Waals surface area contributed by atoms with Crippen LogP contribution in [0.15, 0.2) is 12.1 Å². The maximum absolute atomic E-state index is 12.7. The molecule has 4 atom stereocenters. The summed E-state index contributed by atoms with van der Waals surface area (Å²) in [5, 5.41) is 10.2. The lowest BCUT2D eigenvalue weighted by Gasteiger charge is -2.47. The van der Waals surface area contributed by atoms with E-state index in [1.165, 1.54) is 0 Å². The quantitative estimate of drug-likeness (QED) is 0.876. The van der Waals surface area contributed by atoms with Crippen molar-refractivity contribution in [3.8, 4) is 5.75 Å². The van der Waals surface area contributed by atoms with E-state index in [9.17, 15) is 14.7 Å². The molecule has 128 valence electrons. The van der Waals surface area contributed by atoms with Crippen LogP contribution in [0.2, 0.25) is 0 Å². The van der Waals surface area contributed by atoms with E-state index in [-0.39, 0.29) is 16.9 Å². The predicted molar refractivity (Wildman–Crippen MR) is 92.4 cm³/mol. The van der Waals surface area contributed by atoms with E-state index in [0.717, 1.165) is 48.8 Å². The second kappa shape index (κ2) is 5.44. The van der Waals surface area contributed by atoms with Crippen LogP contribution in [0.25, 0.3) is 0 Å². The number of carbonyl (C=O) groups excluding carboxylic acids is 2. The molecule has 0 aromatic heterocycles. The summed E-state index contributed by atoms with van der Waals surface area (Å²) in [4.78, 5) is 25.1. The van der Waals surface area contributed by atoms with Crippen molar-refractivity contribution in [3.05, 3.63) is 28.8 Å². The fraction of sp³-hybridized carbons (Fsp3) is 0.619. The SMILES string of the molecule is CCCc1cc2c(cc1O)C(=O)CC1C2CC[C@]2(C)C(=O)CCC12. The van der Waals surface area contributed by atoms with E-state index < -0.39 is 0 Å². The van der Waals surface area contributed by atoms with Crippen LogP contribution in [0.4, 0.5) is 0 Å². The molecule has 0 aliphatic heterocycles. The fourth-order valence-electron chi connectivity index (χ4n) is 5.72. The minimum absolute atomic E-state index is 0.146. The molecule has 1 aromatic carbocycles. The van der Waals surface area contributed by atoms with Crippen molar-refractivity contribution >= 4 is 11.6 Å². The zero-order valence-corrected chi connectivity index (χ0v) is 14.6. The number of rotatable bonds is 2. The Morgan fingerprint density at radius 3 is 2.79 bits per heavy atom. The van der Waals surface area contributed by atoms with Gasteiger partial charge >= 0.3 is 0 Å². The molecule has 3 heteroatoms. The molecule has 0 spiro atoms. The maximum atomic E-state index is 12.7. The van der Waals surface area contributed by atoms with Gasteiger partial charge in [0.05, 0.1) is 0 Å². The van der Waals surface area contributed by atoms with Crippen molar-refractivity contribution < 1.29 is 14.7 Å². The topological polar surface area (TPSA) is 54.4 Å². The van der Waals surface area contributed by atoms with E-state index >= 15 is 0 Å². The van der Waals surface area contributed by atoms with E-state index in [1.54, 1.807) is 6.07 Å². The number of phenolic OH excluding ortho intramolecular Hbond substituents is 1. The highest BCUT2D eigenvalue weighted by atomic mass is 16.3. The molecule has 0 saturated heterocycles. The van der Waals surface area contributed by atoms with Crippen LogP contribution in [0.5, 0.6) is 5.75 Å². The number of benzene rings is 1. The van der Waals surface area contributed by atoms with Gasteiger partial charge in [0.1, 0.15) is 11.5 Å². The Labute approximate surface area is 143 Å². The first kappa shape index (κ1) is 15.9. The van der Waals surface area contributed by atoms with Gasteiger partial charge in [-0.1, -0.05) is 26.3 Å². The summed E-state index contributed by atoms with van der Waals surface area (Å²) in [7, 11) is 0. The third-order valence-electron chi connectivity index (χ3n) is 7.04. The van der Waals surface area contributed by atoms with Gasteiger partial charge in [-0.05, 0) is 60.6 Å². The summed E-state index contributed by atoms with van der Waals surface area (Å²) in [6.07, 6.45) is 5.90. The minimum atomic E-state index is -0.206. The van der Waals surface area contributed by atoms with Crippen LogP contribution in [-0.4, -0.2) is 16.7 Å². The Kier molecular flexibility index (Phi) is 3.59. The summed E-state index contributed by atoms with van der Waals surface area (Å²) in [6, 6.07) is 3.79. The molecular weight excluding hydrogens is 300 g/mol. The Bertz CT molecular complexity index is 720. The van der Waals surface area contributed by atoms with Crippen molar-refractivity contribution in [2.45, 2.75) is 64.7 Å². The van der Waals surface area contributed by atoms with E-state index in [1.807, 2.05) is 0 Å². The van der Waals surface area contributed by atoms with E-state index in [4.69, 9.17) is 0 Å². The van der Waals surface area contributed by atoms with Crippen LogP contribution in [-0.2, 0) is 11.2 Å². The third-order valence-corrected chi connectivity index (χ3v) is 7.04. The number of phenols is 1. The van der Waals surface area contributed by atoms with Crippen molar-refractivity contribution in [1.29, 1.82) is 0 Å². The Hall–Kier alpha value is -1.64. The molecular formula is C21H26O3. The second-order valence-electron chi connectivity index (χ2n) is 8.24. The Morgan fingerprint density at radius 2 is 2.04 bits per heavy atom. The first-order valence-corrected chi connectivity index (χ1v) is 9.38. The van der Waals surface area contributed by atoms with Gasteiger partial charge in [0, 0.05) is 23.8 Å². The standard InChI is InChI=1S/C21H26O3/c1-3-4-12-9-14-13-7-8-21(2)17(5-6-20(21)24)15(13)10-19(23)16(14)11-18(12)22/h9,11,13,15,17,22H,3-8,10H2,1-2H3/t13?,15?,17?,21-/m0/s1. The molecule has 0 amide bonds. The number of Topliss-reactive ketones (excluding diaryl/α,β-unsaturated/α-hetero) is 2. The molecule has 2 fully saturated rings. The lowest BCUT2D eigenvalue weighted by atomic mass is 9.55. The number of aromatic hydroxyl groups is 1. The van der Waals surface area contributed by atoms with Gasteiger partial charge in [-0.25, -0.2) is 0 Å². The smallest absolute Gasteiger partial charge is 0.163 e. The minimum Gasteiger partial charge on any atom is -0.508 e. The Morgan fingerprint density at radius 1 is 1.25 bits per heavy atom. The molecule has 1 aromatic rings. The largest absolute Gasteiger partial charge is 0.508 e. The molecule has 4 rings (SSSR count). The van der Waals surface area contributed by atoms with Gasteiger partial charge in [0.25, 0.3) is 0 Å². The number of hydrogen-bond donors (Lipinski definition) is 1. The zero-order valence-electron chi connectivity index (χ0n) is 14.6. The third kappa shape index (κ3) is 2.09. The molecule has 2 saturated carbocycles. The average molecular weight is 326 g/mol. The lowest BCUT2D eigenvalue weighted by Crippen LogP contribution is -2.43. The van der Waals surface area contributed by atoms with Gasteiger partial charge in [-0.3, -0.25) is 9.59 Å². The molecule has 0 heterocycles. The lowest BCUT2D eigenvalue weighted by molar-refractivity contribution is -0.129. The second-order valence-corrected chi connectivity index (χ2v) is 8.24. The van der Waals surface area contributed by atoms with Crippen molar-refractivity contribution in [2.75, 3.05) is 0 Å². The average Bonchev–Trinajstić information content (AvgIpc) is 2.85. The fourth-order valence-corrected chi connectivity index (χ4v) is 5.72. The van der Waals surface area contributed by atoms with Gasteiger partial charge in [-0.15, -0.1) is 0 Å². The van der Waals surface area contributed by atoms with Crippen LogP contribution in [0, 0.1) is 17.3 Å². The van der Waals surface area contributed by atoms with E-state index in [2.05, 4.69) is 19.9 Å². The van der Waals surface area contributed by atoms with E-state index in [0.29, 0.717) is 36.4 Å². The summed E-state index contributed by atoms with van der Waals surface area (Å²) >= 11 is 0. The first-order chi connectivity index (χ1) is 11.5. The van der Waals surface area contributed by atoms with Crippen molar-refractivity contribution in [1.82, 2.24) is 0 Å². The highest BCUT2D eigenvalue weighted by molar-refractivity contribution is 6.00. The molecule has 3 aliphatic rings. The van der Waals surface area contributed by atoms with Crippen molar-refractivity contribution in [2.24, 2.45) is 17.3 Å². The predicted octanol–water partition coefficient (Wildman–Crippen LogP) is 4.41. The molecule has 0 bridgehead atoms. The Balaban J connectivity index is 1.77. The number of aryl methyl sites for hydroxylation is 1. The van der Waals surface area contributed by atoms with Crippen LogP contribution >= 0.6 is 0 Å². The van der Waals surface area contributed by atoms with Crippen LogP contribution < -0.4 is 0 Å². The molecule has 3 unspecified atom stereocenters.